The van der Waals surface area contributed by atoms with Crippen molar-refractivity contribution in [2.24, 2.45) is 0 Å². The molecule has 0 bridgehead atoms. The van der Waals surface area contributed by atoms with Gasteiger partial charge in [-0.2, -0.15) is 0 Å². The SMILES string of the molecule is CCOC(=O)CC(NS(=O)(=O)c1ccc(OC)cc1)c1ccc(C)cc1. The van der Waals surface area contributed by atoms with Gasteiger partial charge in [-0.05, 0) is 43.7 Å². The minimum Gasteiger partial charge on any atom is -0.497 e. The Morgan fingerprint density at radius 3 is 2.23 bits per heavy atom. The molecule has 0 aromatic heterocycles. The second-order valence-electron chi connectivity index (χ2n) is 5.77. The van der Waals surface area contributed by atoms with Crippen LogP contribution in [0.2, 0.25) is 0 Å². The van der Waals surface area contributed by atoms with Crippen molar-refractivity contribution in [1.29, 1.82) is 0 Å². The average Bonchev–Trinajstić information content (AvgIpc) is 2.62. The fourth-order valence-corrected chi connectivity index (χ4v) is 3.65. The second kappa shape index (κ2) is 8.82. The monoisotopic (exact) mass is 377 g/mol. The van der Waals surface area contributed by atoms with Crippen LogP contribution in [0.25, 0.3) is 0 Å². The van der Waals surface area contributed by atoms with Crippen molar-refractivity contribution < 1.29 is 22.7 Å². The number of carbonyl (C=O) groups excluding carboxylic acids is 1. The van der Waals surface area contributed by atoms with Gasteiger partial charge in [0, 0.05) is 0 Å². The van der Waals surface area contributed by atoms with Gasteiger partial charge in [-0.25, -0.2) is 13.1 Å². The van der Waals surface area contributed by atoms with E-state index in [4.69, 9.17) is 9.47 Å². The summed E-state index contributed by atoms with van der Waals surface area (Å²) in [6, 6.07) is 12.7. The summed E-state index contributed by atoms with van der Waals surface area (Å²) < 4.78 is 38.1. The van der Waals surface area contributed by atoms with Crippen molar-refractivity contribution in [3.05, 3.63) is 59.7 Å². The van der Waals surface area contributed by atoms with Crippen LogP contribution in [0.1, 0.15) is 30.5 Å². The van der Waals surface area contributed by atoms with Gasteiger partial charge in [0.05, 0.1) is 31.1 Å². The Kier molecular flexibility index (Phi) is 6.76. The molecule has 1 N–H and O–H groups in total. The molecule has 7 heteroatoms. The number of rotatable bonds is 8. The highest BCUT2D eigenvalue weighted by Gasteiger charge is 2.24. The molecule has 2 rings (SSSR count). The summed E-state index contributed by atoms with van der Waals surface area (Å²) in [6.45, 7) is 3.89. The number of benzene rings is 2. The molecule has 140 valence electrons. The average molecular weight is 377 g/mol. The van der Waals surface area contributed by atoms with E-state index in [-0.39, 0.29) is 17.9 Å². The summed E-state index contributed by atoms with van der Waals surface area (Å²) in [4.78, 5) is 12.0. The zero-order chi connectivity index (χ0) is 19.2. The first-order valence-electron chi connectivity index (χ1n) is 8.24. The number of carbonyl (C=O) groups is 1. The van der Waals surface area contributed by atoms with E-state index >= 15 is 0 Å². The Hall–Kier alpha value is -2.38. The molecular formula is C19H23NO5S. The number of hydrogen-bond acceptors (Lipinski definition) is 5. The van der Waals surface area contributed by atoms with E-state index in [0.717, 1.165) is 5.56 Å². The molecule has 0 spiro atoms. The minimum atomic E-state index is -3.82. The van der Waals surface area contributed by atoms with Gasteiger partial charge in [-0.15, -0.1) is 0 Å². The van der Waals surface area contributed by atoms with E-state index in [9.17, 15) is 13.2 Å². The van der Waals surface area contributed by atoms with Crippen LogP contribution in [0.15, 0.2) is 53.4 Å². The number of aryl methyl sites for hydroxylation is 1. The van der Waals surface area contributed by atoms with Gasteiger partial charge in [-0.3, -0.25) is 4.79 Å². The zero-order valence-corrected chi connectivity index (χ0v) is 15.9. The van der Waals surface area contributed by atoms with Crippen molar-refractivity contribution in [1.82, 2.24) is 4.72 Å². The van der Waals surface area contributed by atoms with Crippen molar-refractivity contribution in [2.45, 2.75) is 31.2 Å². The fourth-order valence-electron chi connectivity index (χ4n) is 2.42. The van der Waals surface area contributed by atoms with Gasteiger partial charge in [-0.1, -0.05) is 29.8 Å². The fraction of sp³-hybridized carbons (Fsp3) is 0.316. The number of hydrogen-bond donors (Lipinski definition) is 1. The van der Waals surface area contributed by atoms with Crippen molar-refractivity contribution in [2.75, 3.05) is 13.7 Å². The van der Waals surface area contributed by atoms with Gasteiger partial charge in [0.25, 0.3) is 0 Å². The zero-order valence-electron chi connectivity index (χ0n) is 15.1. The van der Waals surface area contributed by atoms with Crippen LogP contribution in [0.3, 0.4) is 0 Å². The van der Waals surface area contributed by atoms with Crippen LogP contribution >= 0.6 is 0 Å². The molecule has 1 unspecified atom stereocenters. The van der Waals surface area contributed by atoms with Crippen LogP contribution < -0.4 is 9.46 Å². The third-order valence-corrected chi connectivity index (χ3v) is 5.31. The standard InChI is InChI=1S/C19H23NO5S/c1-4-25-19(21)13-18(15-7-5-14(2)6-8-15)20-26(22,23)17-11-9-16(24-3)10-12-17/h5-12,18,20H,4,13H2,1-3H3. The lowest BCUT2D eigenvalue weighted by molar-refractivity contribution is -0.143. The molecule has 26 heavy (non-hydrogen) atoms. The Bertz CT molecular complexity index is 829. The number of ether oxygens (including phenoxy) is 2. The van der Waals surface area contributed by atoms with Gasteiger partial charge < -0.3 is 9.47 Å². The van der Waals surface area contributed by atoms with Crippen LogP contribution in [0, 0.1) is 6.92 Å². The Morgan fingerprint density at radius 2 is 1.69 bits per heavy atom. The Balaban J connectivity index is 2.28. The summed E-state index contributed by atoms with van der Waals surface area (Å²) in [6.07, 6.45) is -0.0910. The van der Waals surface area contributed by atoms with Gasteiger partial charge >= 0.3 is 5.97 Å². The predicted octanol–water partition coefficient (Wildman–Crippen LogP) is 2.98. The highest BCUT2D eigenvalue weighted by atomic mass is 32.2. The summed E-state index contributed by atoms with van der Waals surface area (Å²) in [5, 5.41) is 0. The van der Waals surface area contributed by atoms with Crippen molar-refractivity contribution >= 4 is 16.0 Å². The topological polar surface area (TPSA) is 81.7 Å². The van der Waals surface area contributed by atoms with Crippen molar-refractivity contribution in [3.63, 3.8) is 0 Å². The van der Waals surface area contributed by atoms with E-state index < -0.39 is 22.0 Å². The lowest BCUT2D eigenvalue weighted by Gasteiger charge is -2.19. The number of methoxy groups -OCH3 is 1. The second-order valence-corrected chi connectivity index (χ2v) is 7.48. The summed E-state index contributed by atoms with van der Waals surface area (Å²) in [5.41, 5.74) is 1.74. The maximum atomic E-state index is 12.7. The lowest BCUT2D eigenvalue weighted by atomic mass is 10.0. The predicted molar refractivity (Wildman–Crippen MR) is 98.5 cm³/mol. The van der Waals surface area contributed by atoms with E-state index in [1.54, 1.807) is 31.2 Å². The minimum absolute atomic E-state index is 0.0910. The molecular weight excluding hydrogens is 354 g/mol. The lowest BCUT2D eigenvalue weighted by Crippen LogP contribution is -2.30. The Labute approximate surface area is 154 Å². The molecule has 6 nitrogen and oxygen atoms in total. The van der Waals surface area contributed by atoms with E-state index in [2.05, 4.69) is 4.72 Å². The van der Waals surface area contributed by atoms with Crippen LogP contribution in [-0.4, -0.2) is 28.1 Å². The largest absolute Gasteiger partial charge is 0.497 e. The molecule has 2 aromatic carbocycles. The molecule has 0 fully saturated rings. The number of nitrogens with one attached hydrogen (secondary N) is 1. The maximum absolute atomic E-state index is 12.7. The normalized spacial score (nSPS) is 12.4. The molecule has 0 amide bonds. The summed E-state index contributed by atoms with van der Waals surface area (Å²) in [7, 11) is -2.31. The summed E-state index contributed by atoms with van der Waals surface area (Å²) in [5.74, 6) is 0.0982. The van der Waals surface area contributed by atoms with E-state index in [1.165, 1.54) is 19.2 Å². The first kappa shape index (κ1) is 19.9. The van der Waals surface area contributed by atoms with Crippen LogP contribution in [0.5, 0.6) is 5.75 Å². The smallest absolute Gasteiger partial charge is 0.307 e. The van der Waals surface area contributed by atoms with Gasteiger partial charge in [0.15, 0.2) is 0 Å². The Morgan fingerprint density at radius 1 is 1.08 bits per heavy atom. The molecule has 0 heterocycles. The van der Waals surface area contributed by atoms with Gasteiger partial charge in [0.1, 0.15) is 5.75 Å². The number of sulfonamides is 1. The molecule has 1 atom stereocenters. The quantitative estimate of drug-likeness (QED) is 0.715. The molecule has 0 saturated heterocycles. The highest BCUT2D eigenvalue weighted by molar-refractivity contribution is 7.89. The van der Waals surface area contributed by atoms with Crippen LogP contribution in [0.4, 0.5) is 0 Å². The molecule has 2 aromatic rings. The molecule has 0 aliphatic carbocycles. The third kappa shape index (κ3) is 5.31. The number of esters is 1. The summed E-state index contributed by atoms with van der Waals surface area (Å²) >= 11 is 0. The maximum Gasteiger partial charge on any atom is 0.307 e. The first-order chi connectivity index (χ1) is 12.4. The third-order valence-electron chi connectivity index (χ3n) is 3.82. The van der Waals surface area contributed by atoms with E-state index in [0.29, 0.717) is 11.3 Å². The first-order valence-corrected chi connectivity index (χ1v) is 9.72. The van der Waals surface area contributed by atoms with Gasteiger partial charge in [0.2, 0.25) is 10.0 Å². The molecule has 0 aliphatic heterocycles. The highest BCUT2D eigenvalue weighted by Crippen LogP contribution is 2.23. The molecule has 0 aliphatic rings. The van der Waals surface area contributed by atoms with E-state index in [1.807, 2.05) is 19.1 Å². The van der Waals surface area contributed by atoms with Crippen molar-refractivity contribution in [3.8, 4) is 5.75 Å². The molecule has 0 saturated carbocycles. The van der Waals surface area contributed by atoms with Crippen LogP contribution in [-0.2, 0) is 19.6 Å². The molecule has 0 radical (unpaired) electrons.